The van der Waals surface area contributed by atoms with Crippen LogP contribution in [-0.4, -0.2) is 0 Å². The minimum absolute atomic E-state index is 0.555. The van der Waals surface area contributed by atoms with E-state index in [0.29, 0.717) is 6.61 Å². The normalized spacial score (nSPS) is 10.7. The van der Waals surface area contributed by atoms with E-state index >= 15 is 0 Å². The lowest BCUT2D eigenvalue weighted by molar-refractivity contribution is 0.306. The van der Waals surface area contributed by atoms with Crippen molar-refractivity contribution in [1.29, 1.82) is 0 Å². The highest BCUT2D eigenvalue weighted by atomic mass is 32.1. The Labute approximate surface area is 163 Å². The molecular weight excluding hydrogens is 352 g/mol. The maximum absolute atomic E-state index is 6.24. The van der Waals surface area contributed by atoms with E-state index in [9.17, 15) is 0 Å². The van der Waals surface area contributed by atoms with Crippen LogP contribution in [0.15, 0.2) is 91.5 Å². The van der Waals surface area contributed by atoms with Gasteiger partial charge in [-0.25, -0.2) is 0 Å². The second-order valence-electron chi connectivity index (χ2n) is 6.19. The highest BCUT2D eigenvalue weighted by Crippen LogP contribution is 2.40. The summed E-state index contributed by atoms with van der Waals surface area (Å²) in [7, 11) is 0. The Bertz CT molecular complexity index is 1030. The summed E-state index contributed by atoms with van der Waals surface area (Å²) in [5.41, 5.74) is 1.15. The van der Waals surface area contributed by atoms with Crippen LogP contribution >= 0.6 is 11.3 Å². The van der Waals surface area contributed by atoms with Crippen molar-refractivity contribution in [3.63, 3.8) is 0 Å². The van der Waals surface area contributed by atoms with Gasteiger partial charge in [-0.1, -0.05) is 48.5 Å². The third-order valence-corrected chi connectivity index (χ3v) is 5.41. The third-order valence-electron chi connectivity index (χ3n) is 4.24. The van der Waals surface area contributed by atoms with E-state index in [-0.39, 0.29) is 0 Å². The molecule has 3 heteroatoms. The summed E-state index contributed by atoms with van der Waals surface area (Å²) in [5.74, 6) is 2.55. The summed E-state index contributed by atoms with van der Waals surface area (Å²) in [6, 6.07) is 26.3. The van der Waals surface area contributed by atoms with E-state index in [4.69, 9.17) is 9.47 Å². The number of hydrogen-bond donors (Lipinski definition) is 0. The van der Waals surface area contributed by atoms with Gasteiger partial charge in [-0.15, -0.1) is 17.9 Å². The molecule has 1 aromatic heterocycles. The van der Waals surface area contributed by atoms with E-state index in [1.807, 2.05) is 54.6 Å². The topological polar surface area (TPSA) is 18.5 Å². The van der Waals surface area contributed by atoms with E-state index in [0.717, 1.165) is 34.6 Å². The zero-order chi connectivity index (χ0) is 18.5. The van der Waals surface area contributed by atoms with Gasteiger partial charge in [0.05, 0.1) is 4.88 Å². The van der Waals surface area contributed by atoms with Gasteiger partial charge in [-0.2, -0.15) is 0 Å². The molecule has 0 unspecified atom stereocenters. The van der Waals surface area contributed by atoms with Crippen molar-refractivity contribution < 1.29 is 9.47 Å². The summed E-state index contributed by atoms with van der Waals surface area (Å²) >= 11 is 1.76. The molecular formula is C24H20O2S. The molecule has 0 fully saturated rings. The first-order chi connectivity index (χ1) is 13.3. The van der Waals surface area contributed by atoms with Crippen molar-refractivity contribution in [3.8, 4) is 17.2 Å². The Hall–Kier alpha value is -3.04. The molecule has 4 aromatic rings. The van der Waals surface area contributed by atoms with Gasteiger partial charge in [0.15, 0.2) is 0 Å². The fourth-order valence-corrected chi connectivity index (χ4v) is 4.04. The van der Waals surface area contributed by atoms with Crippen molar-refractivity contribution in [2.75, 3.05) is 0 Å². The minimum Gasteiger partial charge on any atom is -0.489 e. The van der Waals surface area contributed by atoms with Gasteiger partial charge in [0.25, 0.3) is 0 Å². The minimum atomic E-state index is 0.555. The van der Waals surface area contributed by atoms with E-state index in [1.54, 1.807) is 11.3 Å². The fourth-order valence-electron chi connectivity index (χ4n) is 2.91. The predicted octanol–water partition coefficient (Wildman–Crippen LogP) is 7.00. The van der Waals surface area contributed by atoms with E-state index < -0.39 is 0 Å². The SMILES string of the molecule is C=CCc1sc2ccccc2c1Oc1ccc(OCc2ccccc2)cc1. The fraction of sp³-hybridized carbons (Fsp3) is 0.0833. The Morgan fingerprint density at radius 2 is 1.52 bits per heavy atom. The molecule has 1 heterocycles. The zero-order valence-electron chi connectivity index (χ0n) is 14.9. The molecule has 134 valence electrons. The first-order valence-electron chi connectivity index (χ1n) is 8.89. The molecule has 0 N–H and O–H groups in total. The van der Waals surface area contributed by atoms with Crippen LogP contribution in [-0.2, 0) is 13.0 Å². The van der Waals surface area contributed by atoms with Crippen molar-refractivity contribution in [2.45, 2.75) is 13.0 Å². The van der Waals surface area contributed by atoms with Crippen LogP contribution in [0.2, 0.25) is 0 Å². The second kappa shape index (κ2) is 8.11. The summed E-state index contributed by atoms with van der Waals surface area (Å²) in [6.07, 6.45) is 2.71. The molecule has 2 nitrogen and oxygen atoms in total. The molecule has 0 radical (unpaired) electrons. The largest absolute Gasteiger partial charge is 0.489 e. The molecule has 0 bridgehead atoms. The van der Waals surface area contributed by atoms with Crippen LogP contribution in [0.1, 0.15) is 10.4 Å². The number of ether oxygens (including phenoxy) is 2. The maximum atomic E-state index is 6.24. The van der Waals surface area contributed by atoms with Gasteiger partial charge in [0.2, 0.25) is 0 Å². The molecule has 0 spiro atoms. The number of fused-ring (bicyclic) bond motifs is 1. The first kappa shape index (κ1) is 17.4. The molecule has 3 aromatic carbocycles. The second-order valence-corrected chi connectivity index (χ2v) is 7.33. The molecule has 4 rings (SSSR count). The van der Waals surface area contributed by atoms with Crippen LogP contribution in [0.4, 0.5) is 0 Å². The maximum Gasteiger partial charge on any atom is 0.149 e. The molecule has 0 aliphatic heterocycles. The Morgan fingerprint density at radius 3 is 2.30 bits per heavy atom. The van der Waals surface area contributed by atoms with Gasteiger partial charge in [0.1, 0.15) is 23.9 Å². The van der Waals surface area contributed by atoms with Gasteiger partial charge >= 0.3 is 0 Å². The van der Waals surface area contributed by atoms with Crippen LogP contribution in [0.3, 0.4) is 0 Å². The summed E-state index contributed by atoms with van der Waals surface area (Å²) < 4.78 is 13.3. The molecule has 0 aliphatic carbocycles. The van der Waals surface area contributed by atoms with Crippen molar-refractivity contribution >= 4 is 21.4 Å². The van der Waals surface area contributed by atoms with Crippen LogP contribution in [0, 0.1) is 0 Å². The molecule has 0 saturated heterocycles. The molecule has 27 heavy (non-hydrogen) atoms. The van der Waals surface area contributed by atoms with Gasteiger partial charge in [-0.3, -0.25) is 0 Å². The van der Waals surface area contributed by atoms with E-state index in [2.05, 4.69) is 36.9 Å². The highest BCUT2D eigenvalue weighted by molar-refractivity contribution is 7.19. The molecule has 0 amide bonds. The zero-order valence-corrected chi connectivity index (χ0v) is 15.7. The quantitative estimate of drug-likeness (QED) is 0.325. The number of allylic oxidation sites excluding steroid dienone is 1. The van der Waals surface area contributed by atoms with Gasteiger partial charge < -0.3 is 9.47 Å². The van der Waals surface area contributed by atoms with Crippen molar-refractivity contribution in [1.82, 2.24) is 0 Å². The van der Waals surface area contributed by atoms with Crippen LogP contribution in [0.5, 0.6) is 17.2 Å². The van der Waals surface area contributed by atoms with Crippen LogP contribution < -0.4 is 9.47 Å². The lowest BCUT2D eigenvalue weighted by Gasteiger charge is -2.09. The average Bonchev–Trinajstić information content (AvgIpc) is 3.06. The predicted molar refractivity (Wildman–Crippen MR) is 113 cm³/mol. The lowest BCUT2D eigenvalue weighted by Crippen LogP contribution is -1.95. The smallest absolute Gasteiger partial charge is 0.149 e. The Kier molecular flexibility index (Phi) is 5.22. The number of rotatable bonds is 7. The van der Waals surface area contributed by atoms with Gasteiger partial charge in [0, 0.05) is 16.5 Å². The highest BCUT2D eigenvalue weighted by Gasteiger charge is 2.13. The lowest BCUT2D eigenvalue weighted by atomic mass is 10.2. The molecule has 0 atom stereocenters. The summed E-state index contributed by atoms with van der Waals surface area (Å²) in [4.78, 5) is 1.19. The monoisotopic (exact) mass is 372 g/mol. The number of hydrogen-bond acceptors (Lipinski definition) is 3. The third kappa shape index (κ3) is 4.04. The average molecular weight is 372 g/mol. The van der Waals surface area contributed by atoms with Crippen molar-refractivity contribution in [3.05, 3.63) is 102 Å². The summed E-state index contributed by atoms with van der Waals surface area (Å²) in [5, 5.41) is 1.14. The van der Waals surface area contributed by atoms with Gasteiger partial charge in [-0.05, 0) is 42.0 Å². The Morgan fingerprint density at radius 1 is 0.815 bits per heavy atom. The number of thiophene rings is 1. The first-order valence-corrected chi connectivity index (χ1v) is 9.71. The summed E-state index contributed by atoms with van der Waals surface area (Å²) in [6.45, 7) is 4.42. The standard InChI is InChI=1S/C24H20O2S/c1-2-8-23-24(21-11-6-7-12-22(21)27-23)26-20-15-13-19(14-16-20)25-17-18-9-4-3-5-10-18/h2-7,9-16H,1,8,17H2. The number of benzene rings is 3. The van der Waals surface area contributed by atoms with Crippen molar-refractivity contribution in [2.24, 2.45) is 0 Å². The Balaban J connectivity index is 1.51. The van der Waals surface area contributed by atoms with E-state index in [1.165, 1.54) is 9.58 Å². The molecule has 0 saturated carbocycles. The van der Waals surface area contributed by atoms with Crippen LogP contribution in [0.25, 0.3) is 10.1 Å². The molecule has 0 aliphatic rings.